The zero-order valence-corrected chi connectivity index (χ0v) is 8.11. The fourth-order valence-corrected chi connectivity index (χ4v) is 1.35. The van der Waals surface area contributed by atoms with E-state index >= 15 is 0 Å². The summed E-state index contributed by atoms with van der Waals surface area (Å²) in [5, 5.41) is 5.86. The second-order valence-corrected chi connectivity index (χ2v) is 4.02. The standard InChI is InChI=1S/C9H18N2O/c1-9(2,7-4-5-7)11-6-8(12)10-3/h7,11H,4-6H2,1-3H3,(H,10,12). The van der Waals surface area contributed by atoms with Gasteiger partial charge in [0.25, 0.3) is 0 Å². The van der Waals surface area contributed by atoms with Gasteiger partial charge >= 0.3 is 0 Å². The highest BCUT2D eigenvalue weighted by Gasteiger charge is 2.37. The molecule has 0 bridgehead atoms. The van der Waals surface area contributed by atoms with E-state index in [9.17, 15) is 4.79 Å². The van der Waals surface area contributed by atoms with E-state index in [4.69, 9.17) is 0 Å². The highest BCUT2D eigenvalue weighted by Crippen LogP contribution is 2.38. The van der Waals surface area contributed by atoms with Crippen molar-refractivity contribution in [3.63, 3.8) is 0 Å². The summed E-state index contributed by atoms with van der Waals surface area (Å²) in [5.74, 6) is 0.825. The molecular weight excluding hydrogens is 152 g/mol. The zero-order valence-electron chi connectivity index (χ0n) is 8.11. The summed E-state index contributed by atoms with van der Waals surface area (Å²) in [6.45, 7) is 4.75. The summed E-state index contributed by atoms with van der Waals surface area (Å²) in [4.78, 5) is 10.9. The second-order valence-electron chi connectivity index (χ2n) is 4.02. The molecule has 0 atom stereocenters. The van der Waals surface area contributed by atoms with Crippen molar-refractivity contribution in [1.82, 2.24) is 10.6 Å². The van der Waals surface area contributed by atoms with Crippen LogP contribution >= 0.6 is 0 Å². The van der Waals surface area contributed by atoms with Crippen LogP contribution in [0.4, 0.5) is 0 Å². The average Bonchev–Trinajstić information content (AvgIpc) is 2.82. The van der Waals surface area contributed by atoms with Gasteiger partial charge in [0.1, 0.15) is 0 Å². The number of hydrogen-bond donors (Lipinski definition) is 2. The van der Waals surface area contributed by atoms with Crippen LogP contribution < -0.4 is 10.6 Å². The van der Waals surface area contributed by atoms with Gasteiger partial charge in [-0.2, -0.15) is 0 Å². The van der Waals surface area contributed by atoms with Crippen LogP contribution in [0.2, 0.25) is 0 Å². The minimum Gasteiger partial charge on any atom is -0.358 e. The molecule has 1 saturated carbocycles. The molecule has 1 aliphatic rings. The van der Waals surface area contributed by atoms with Crippen LogP contribution in [-0.2, 0) is 4.79 Å². The van der Waals surface area contributed by atoms with Gasteiger partial charge in [-0.1, -0.05) is 0 Å². The SMILES string of the molecule is CNC(=O)CNC(C)(C)C1CC1. The van der Waals surface area contributed by atoms with Crippen LogP contribution in [0.15, 0.2) is 0 Å². The smallest absolute Gasteiger partial charge is 0.233 e. The number of amides is 1. The summed E-state index contributed by atoms with van der Waals surface area (Å²) < 4.78 is 0. The molecule has 0 aromatic rings. The highest BCUT2D eigenvalue weighted by atomic mass is 16.1. The number of nitrogens with one attached hydrogen (secondary N) is 2. The molecule has 2 N–H and O–H groups in total. The van der Waals surface area contributed by atoms with E-state index in [0.29, 0.717) is 6.54 Å². The van der Waals surface area contributed by atoms with E-state index in [1.165, 1.54) is 12.8 Å². The van der Waals surface area contributed by atoms with E-state index < -0.39 is 0 Å². The van der Waals surface area contributed by atoms with Gasteiger partial charge in [0.05, 0.1) is 6.54 Å². The van der Waals surface area contributed by atoms with E-state index in [1.807, 2.05) is 0 Å². The van der Waals surface area contributed by atoms with Crippen molar-refractivity contribution in [3.05, 3.63) is 0 Å². The first-order valence-electron chi connectivity index (χ1n) is 4.52. The van der Waals surface area contributed by atoms with Gasteiger partial charge in [-0.15, -0.1) is 0 Å². The largest absolute Gasteiger partial charge is 0.358 e. The maximum Gasteiger partial charge on any atom is 0.233 e. The van der Waals surface area contributed by atoms with Gasteiger partial charge < -0.3 is 10.6 Å². The number of hydrogen-bond acceptors (Lipinski definition) is 2. The second kappa shape index (κ2) is 3.44. The lowest BCUT2D eigenvalue weighted by atomic mass is 9.99. The monoisotopic (exact) mass is 170 g/mol. The Bertz CT molecular complexity index is 173. The molecule has 1 amide bonds. The van der Waals surface area contributed by atoms with Crippen LogP contribution in [0.1, 0.15) is 26.7 Å². The quantitative estimate of drug-likeness (QED) is 0.645. The summed E-state index contributed by atoms with van der Waals surface area (Å²) >= 11 is 0. The molecule has 1 aliphatic carbocycles. The van der Waals surface area contributed by atoms with Crippen LogP contribution in [0.3, 0.4) is 0 Å². The summed E-state index contributed by atoms with van der Waals surface area (Å²) in [5.41, 5.74) is 0.131. The fraction of sp³-hybridized carbons (Fsp3) is 0.889. The molecule has 0 aromatic carbocycles. The Hall–Kier alpha value is -0.570. The third-order valence-electron chi connectivity index (χ3n) is 2.58. The first kappa shape index (κ1) is 9.52. The van der Waals surface area contributed by atoms with Crippen molar-refractivity contribution in [3.8, 4) is 0 Å². The summed E-state index contributed by atoms with van der Waals surface area (Å²) in [7, 11) is 1.66. The molecular formula is C9H18N2O. The normalized spacial score (nSPS) is 17.6. The van der Waals surface area contributed by atoms with Crippen LogP contribution in [-0.4, -0.2) is 25.0 Å². The molecule has 0 aliphatic heterocycles. The third kappa shape index (κ3) is 2.48. The van der Waals surface area contributed by atoms with Crippen molar-refractivity contribution in [2.45, 2.75) is 32.2 Å². The molecule has 1 rings (SSSR count). The Morgan fingerprint density at radius 2 is 2.08 bits per heavy atom. The Balaban J connectivity index is 2.24. The minimum absolute atomic E-state index is 0.0590. The number of rotatable bonds is 4. The predicted molar refractivity (Wildman–Crippen MR) is 48.9 cm³/mol. The Kier molecular flexibility index (Phi) is 2.73. The summed E-state index contributed by atoms with van der Waals surface area (Å²) in [6, 6.07) is 0. The van der Waals surface area contributed by atoms with E-state index in [0.717, 1.165) is 5.92 Å². The maximum absolute atomic E-state index is 10.9. The molecule has 0 aromatic heterocycles. The molecule has 0 unspecified atom stereocenters. The van der Waals surface area contributed by atoms with Crippen molar-refractivity contribution >= 4 is 5.91 Å². The predicted octanol–water partition coefficient (Wildman–Crippen LogP) is 0.511. The molecule has 1 fully saturated rings. The Morgan fingerprint density at radius 3 is 2.50 bits per heavy atom. The van der Waals surface area contributed by atoms with Gasteiger partial charge in [-0.3, -0.25) is 4.79 Å². The Labute approximate surface area is 73.9 Å². The molecule has 3 heteroatoms. The Morgan fingerprint density at radius 1 is 1.50 bits per heavy atom. The summed E-state index contributed by atoms with van der Waals surface area (Å²) in [6.07, 6.45) is 2.60. The minimum atomic E-state index is 0.0590. The van der Waals surface area contributed by atoms with E-state index in [2.05, 4.69) is 24.5 Å². The molecule has 70 valence electrons. The van der Waals surface area contributed by atoms with Crippen LogP contribution in [0.5, 0.6) is 0 Å². The number of carbonyl (C=O) groups excluding carboxylic acids is 1. The lowest BCUT2D eigenvalue weighted by Gasteiger charge is -2.25. The average molecular weight is 170 g/mol. The lowest BCUT2D eigenvalue weighted by molar-refractivity contribution is -0.120. The van der Waals surface area contributed by atoms with Crippen molar-refractivity contribution in [2.24, 2.45) is 5.92 Å². The van der Waals surface area contributed by atoms with Gasteiger partial charge in [0.2, 0.25) is 5.91 Å². The molecule has 12 heavy (non-hydrogen) atoms. The van der Waals surface area contributed by atoms with Crippen molar-refractivity contribution in [2.75, 3.05) is 13.6 Å². The molecule has 0 heterocycles. The van der Waals surface area contributed by atoms with Gasteiger partial charge in [0, 0.05) is 12.6 Å². The topological polar surface area (TPSA) is 41.1 Å². The van der Waals surface area contributed by atoms with Gasteiger partial charge in [0.15, 0.2) is 0 Å². The van der Waals surface area contributed by atoms with Crippen LogP contribution in [0, 0.1) is 5.92 Å². The van der Waals surface area contributed by atoms with Crippen LogP contribution in [0.25, 0.3) is 0 Å². The molecule has 0 radical (unpaired) electrons. The van der Waals surface area contributed by atoms with Gasteiger partial charge in [-0.25, -0.2) is 0 Å². The van der Waals surface area contributed by atoms with Crippen molar-refractivity contribution in [1.29, 1.82) is 0 Å². The first-order valence-corrected chi connectivity index (χ1v) is 4.52. The van der Waals surface area contributed by atoms with E-state index in [1.54, 1.807) is 7.05 Å². The molecule has 3 nitrogen and oxygen atoms in total. The fourth-order valence-electron chi connectivity index (χ4n) is 1.35. The zero-order chi connectivity index (χ0) is 9.19. The maximum atomic E-state index is 10.9. The molecule has 0 spiro atoms. The first-order chi connectivity index (χ1) is 5.56. The third-order valence-corrected chi connectivity index (χ3v) is 2.58. The van der Waals surface area contributed by atoms with E-state index in [-0.39, 0.29) is 11.4 Å². The molecule has 0 saturated heterocycles. The number of likely N-dealkylation sites (N-methyl/N-ethyl adjacent to an activating group) is 1. The highest BCUT2D eigenvalue weighted by molar-refractivity contribution is 5.77. The number of carbonyl (C=O) groups is 1. The van der Waals surface area contributed by atoms with Crippen molar-refractivity contribution < 1.29 is 4.79 Å². The van der Waals surface area contributed by atoms with Gasteiger partial charge in [-0.05, 0) is 32.6 Å². The lowest BCUT2D eigenvalue weighted by Crippen LogP contribution is -2.46.